The first kappa shape index (κ1) is 24.5. The van der Waals surface area contributed by atoms with Gasteiger partial charge in [0, 0.05) is 0 Å². The van der Waals surface area contributed by atoms with Crippen molar-refractivity contribution in [2.75, 3.05) is 0 Å². The second kappa shape index (κ2) is 9.93. The number of nitriles is 1. The number of benzene rings is 2. The Morgan fingerprint density at radius 2 is 1.38 bits per heavy atom. The third-order valence-electron chi connectivity index (χ3n) is 7.65. The van der Waals surface area contributed by atoms with Crippen LogP contribution < -0.4 is 4.74 Å². The minimum absolute atomic E-state index is 0.171. The lowest BCUT2D eigenvalue weighted by atomic mass is 9.68. The van der Waals surface area contributed by atoms with E-state index in [1.165, 1.54) is 37.8 Å². The van der Waals surface area contributed by atoms with Crippen molar-refractivity contribution in [1.29, 1.82) is 5.26 Å². The Bertz CT molecular complexity index is 1040. The molecule has 2 aliphatic carbocycles. The maximum atomic E-state index is 14.7. The summed E-state index contributed by atoms with van der Waals surface area (Å²) in [6.07, 6.45) is 5.05. The maximum absolute atomic E-state index is 14.7. The lowest BCUT2D eigenvalue weighted by molar-refractivity contribution is -0.187. The minimum Gasteiger partial charge on any atom is -0.426 e. The molecule has 182 valence electrons. The van der Waals surface area contributed by atoms with Gasteiger partial charge in [-0.25, -0.2) is 13.2 Å². The molecule has 0 N–H and O–H groups in total. The fraction of sp³-hybridized carbons (Fsp3) is 0.519. The van der Waals surface area contributed by atoms with Gasteiger partial charge in [-0.3, -0.25) is 0 Å². The van der Waals surface area contributed by atoms with E-state index in [0.717, 1.165) is 49.1 Å². The fourth-order valence-corrected chi connectivity index (χ4v) is 5.58. The van der Waals surface area contributed by atoms with E-state index >= 15 is 0 Å². The average molecular weight is 478 g/mol. The molecule has 0 amide bonds. The molecule has 2 aliphatic rings. The summed E-state index contributed by atoms with van der Waals surface area (Å²) >= 11 is 0. The summed E-state index contributed by atoms with van der Waals surface area (Å²) < 4.78 is 75.7. The molecule has 0 bridgehead atoms. The van der Waals surface area contributed by atoms with Gasteiger partial charge >= 0.3 is 6.11 Å². The SMILES string of the molecule is CC1CCC(C2CCC(c3ccc(OC(F)(F)c4cc(F)c(C#N)c(F)c4)c(F)c3)CC2)CC1. The molecular weight excluding hydrogens is 449 g/mol. The third-order valence-corrected chi connectivity index (χ3v) is 7.65. The van der Waals surface area contributed by atoms with Crippen LogP contribution >= 0.6 is 0 Å². The van der Waals surface area contributed by atoms with E-state index in [0.29, 0.717) is 18.1 Å². The molecule has 4 rings (SSSR count). The molecule has 0 unspecified atom stereocenters. The van der Waals surface area contributed by atoms with E-state index in [4.69, 9.17) is 5.26 Å². The molecule has 0 aliphatic heterocycles. The summed E-state index contributed by atoms with van der Waals surface area (Å²) in [6, 6.07) is 5.85. The zero-order chi connectivity index (χ0) is 24.5. The molecule has 2 fully saturated rings. The van der Waals surface area contributed by atoms with E-state index in [-0.39, 0.29) is 5.92 Å². The van der Waals surface area contributed by atoms with Crippen LogP contribution in [0.5, 0.6) is 5.75 Å². The summed E-state index contributed by atoms with van der Waals surface area (Å²) in [5.74, 6) is -2.04. The van der Waals surface area contributed by atoms with Crippen molar-refractivity contribution in [2.45, 2.75) is 70.3 Å². The first-order valence-corrected chi connectivity index (χ1v) is 11.9. The average Bonchev–Trinajstić information content (AvgIpc) is 2.81. The maximum Gasteiger partial charge on any atom is 0.427 e. The lowest BCUT2D eigenvalue weighted by Crippen LogP contribution is -2.25. The van der Waals surface area contributed by atoms with Gasteiger partial charge in [-0.15, -0.1) is 0 Å². The van der Waals surface area contributed by atoms with E-state index in [1.807, 2.05) is 0 Å². The number of halogens is 5. The first-order valence-electron chi connectivity index (χ1n) is 11.9. The monoisotopic (exact) mass is 477 g/mol. The van der Waals surface area contributed by atoms with Crippen molar-refractivity contribution < 1.29 is 26.7 Å². The number of nitrogens with zero attached hydrogens (tertiary/aromatic N) is 1. The molecule has 2 nitrogen and oxygen atoms in total. The van der Waals surface area contributed by atoms with Crippen molar-refractivity contribution in [3.8, 4) is 11.8 Å². The highest BCUT2D eigenvalue weighted by Gasteiger charge is 2.37. The topological polar surface area (TPSA) is 33.0 Å². The van der Waals surface area contributed by atoms with Crippen LogP contribution in [0, 0.1) is 46.5 Å². The summed E-state index contributed by atoms with van der Waals surface area (Å²) in [5.41, 5.74) is -1.36. The Morgan fingerprint density at radius 1 is 0.824 bits per heavy atom. The van der Waals surface area contributed by atoms with Gasteiger partial charge in [0.05, 0.1) is 5.56 Å². The Morgan fingerprint density at radius 3 is 1.91 bits per heavy atom. The number of alkyl halides is 2. The van der Waals surface area contributed by atoms with Gasteiger partial charge in [-0.1, -0.05) is 25.8 Å². The van der Waals surface area contributed by atoms with Crippen LogP contribution in [-0.2, 0) is 6.11 Å². The van der Waals surface area contributed by atoms with Crippen LogP contribution in [0.3, 0.4) is 0 Å². The van der Waals surface area contributed by atoms with Crippen LogP contribution in [0.15, 0.2) is 30.3 Å². The van der Waals surface area contributed by atoms with Crippen molar-refractivity contribution in [1.82, 2.24) is 0 Å². The Hall–Kier alpha value is -2.62. The minimum atomic E-state index is -4.19. The predicted molar refractivity (Wildman–Crippen MR) is 118 cm³/mol. The molecule has 0 heterocycles. The summed E-state index contributed by atoms with van der Waals surface area (Å²) in [7, 11) is 0. The molecule has 2 aromatic carbocycles. The molecule has 2 aromatic rings. The highest BCUT2D eigenvalue weighted by molar-refractivity contribution is 5.37. The molecule has 0 saturated heterocycles. The summed E-state index contributed by atoms with van der Waals surface area (Å²) in [5, 5.41) is 8.69. The first-order chi connectivity index (χ1) is 16.2. The molecule has 0 spiro atoms. The van der Waals surface area contributed by atoms with Crippen LogP contribution in [0.2, 0.25) is 0 Å². The van der Waals surface area contributed by atoms with Gasteiger partial charge in [0.2, 0.25) is 0 Å². The standard InChI is InChI=1S/C27H28F5NO/c1-16-2-4-17(5-3-16)18-6-8-19(9-7-18)20-10-11-26(25(30)12-20)34-27(31,32)21-13-23(28)22(15-33)24(29)14-21/h10-14,16-19H,2-9H2,1H3. The van der Waals surface area contributed by atoms with Gasteiger partial charge < -0.3 is 4.74 Å². The molecule has 34 heavy (non-hydrogen) atoms. The molecule has 2 saturated carbocycles. The van der Waals surface area contributed by atoms with Crippen LogP contribution in [-0.4, -0.2) is 0 Å². The molecule has 0 atom stereocenters. The van der Waals surface area contributed by atoms with Gasteiger partial charge in [0.1, 0.15) is 23.3 Å². The van der Waals surface area contributed by atoms with Crippen molar-refractivity contribution in [3.63, 3.8) is 0 Å². The summed E-state index contributed by atoms with van der Waals surface area (Å²) in [6.45, 7) is 2.31. The predicted octanol–water partition coefficient (Wildman–Crippen LogP) is 8.20. The smallest absolute Gasteiger partial charge is 0.426 e. The highest BCUT2D eigenvalue weighted by Crippen LogP contribution is 2.44. The third kappa shape index (κ3) is 5.21. The van der Waals surface area contributed by atoms with Crippen molar-refractivity contribution >= 4 is 0 Å². The molecule has 7 heteroatoms. The fourth-order valence-electron chi connectivity index (χ4n) is 5.58. The second-order valence-electron chi connectivity index (χ2n) is 9.87. The zero-order valence-electron chi connectivity index (χ0n) is 19.1. The van der Waals surface area contributed by atoms with Crippen LogP contribution in [0.4, 0.5) is 22.0 Å². The van der Waals surface area contributed by atoms with Crippen molar-refractivity contribution in [3.05, 3.63) is 64.5 Å². The number of hydrogen-bond acceptors (Lipinski definition) is 2. The summed E-state index contributed by atoms with van der Waals surface area (Å²) in [4.78, 5) is 0. The lowest BCUT2D eigenvalue weighted by Gasteiger charge is -2.37. The quantitative estimate of drug-likeness (QED) is 0.407. The van der Waals surface area contributed by atoms with E-state index in [1.54, 1.807) is 6.07 Å². The number of hydrogen-bond donors (Lipinski definition) is 0. The molecular formula is C27H28F5NO. The van der Waals surface area contributed by atoms with Gasteiger partial charge in [-0.2, -0.15) is 14.0 Å². The van der Waals surface area contributed by atoms with Crippen molar-refractivity contribution in [2.24, 2.45) is 17.8 Å². The number of rotatable bonds is 5. The Balaban J connectivity index is 1.41. The van der Waals surface area contributed by atoms with Gasteiger partial charge in [0.15, 0.2) is 11.6 Å². The van der Waals surface area contributed by atoms with Crippen LogP contribution in [0.25, 0.3) is 0 Å². The van der Waals surface area contributed by atoms with E-state index in [9.17, 15) is 22.0 Å². The van der Waals surface area contributed by atoms with Crippen LogP contribution in [0.1, 0.15) is 80.9 Å². The number of ether oxygens (including phenoxy) is 1. The molecule has 0 aromatic heterocycles. The second-order valence-corrected chi connectivity index (χ2v) is 9.87. The molecule has 0 radical (unpaired) electrons. The normalized spacial score (nSPS) is 25.6. The van der Waals surface area contributed by atoms with Gasteiger partial charge in [-0.05, 0) is 92.0 Å². The zero-order valence-corrected chi connectivity index (χ0v) is 19.1. The Kier molecular flexibility index (Phi) is 7.16. The highest BCUT2D eigenvalue weighted by atomic mass is 19.3. The van der Waals surface area contributed by atoms with Gasteiger partial charge in [0.25, 0.3) is 0 Å². The van der Waals surface area contributed by atoms with E-state index in [2.05, 4.69) is 11.7 Å². The largest absolute Gasteiger partial charge is 0.427 e. The van der Waals surface area contributed by atoms with E-state index < -0.39 is 40.4 Å². The Labute approximate surface area is 196 Å².